The first-order chi connectivity index (χ1) is 15.7. The summed E-state index contributed by atoms with van der Waals surface area (Å²) in [5.74, 6) is 0.773. The zero-order chi connectivity index (χ0) is 24.0. The highest BCUT2D eigenvalue weighted by atomic mass is 16.5. The predicted molar refractivity (Wildman–Crippen MR) is 125 cm³/mol. The second-order valence-electron chi connectivity index (χ2n) is 8.58. The average Bonchev–Trinajstić information content (AvgIpc) is 3.04. The number of amides is 2. The van der Waals surface area contributed by atoms with Crippen LogP contribution in [-0.2, 0) is 9.59 Å². The van der Waals surface area contributed by atoms with Crippen LogP contribution in [0.1, 0.15) is 56.0 Å². The fraction of sp³-hybridized carbons (Fsp3) is 0.423. The minimum Gasteiger partial charge on any atom is -0.481 e. The van der Waals surface area contributed by atoms with Crippen molar-refractivity contribution in [3.63, 3.8) is 0 Å². The lowest BCUT2D eigenvalue weighted by Gasteiger charge is -2.25. The molecule has 2 aromatic carbocycles. The number of ether oxygens (including phenoxy) is 2. The van der Waals surface area contributed by atoms with Crippen LogP contribution in [0, 0.1) is 0 Å². The minimum atomic E-state index is -0.613. The van der Waals surface area contributed by atoms with E-state index in [0.717, 1.165) is 0 Å². The van der Waals surface area contributed by atoms with Gasteiger partial charge in [0.1, 0.15) is 11.5 Å². The minimum absolute atomic E-state index is 0.0888. The molecule has 176 valence electrons. The molecule has 3 rings (SSSR count). The summed E-state index contributed by atoms with van der Waals surface area (Å²) in [5, 5.41) is 0. The number of hydrogen-bond donors (Lipinski definition) is 0. The largest absolute Gasteiger partial charge is 0.481 e. The van der Waals surface area contributed by atoms with Gasteiger partial charge in [-0.3, -0.25) is 14.4 Å². The van der Waals surface area contributed by atoms with Gasteiger partial charge in [0.05, 0.1) is 0 Å². The van der Waals surface area contributed by atoms with E-state index in [2.05, 4.69) is 13.8 Å². The van der Waals surface area contributed by atoms with Gasteiger partial charge >= 0.3 is 5.97 Å². The van der Waals surface area contributed by atoms with Gasteiger partial charge in [-0.1, -0.05) is 32.0 Å². The first-order valence-electron chi connectivity index (χ1n) is 11.4. The van der Waals surface area contributed by atoms with Crippen molar-refractivity contribution in [2.24, 2.45) is 0 Å². The standard InChI is InChI=1S/C26H32N2O5/c1-18(2)21-9-11-23(12-10-21)32-19(3)25(30)27-13-6-14-28(16-15-27)26(31)22-7-5-8-24(17-22)33-20(4)29/h5,7-12,17-19H,6,13-16H2,1-4H3. The third kappa shape index (κ3) is 6.57. The second kappa shape index (κ2) is 11.0. The number of esters is 1. The molecule has 0 aromatic heterocycles. The Labute approximate surface area is 195 Å². The Kier molecular flexibility index (Phi) is 8.09. The number of hydrogen-bond acceptors (Lipinski definition) is 5. The molecule has 33 heavy (non-hydrogen) atoms. The van der Waals surface area contributed by atoms with Gasteiger partial charge in [-0.05, 0) is 55.2 Å². The van der Waals surface area contributed by atoms with Crippen LogP contribution in [0.5, 0.6) is 11.5 Å². The summed E-state index contributed by atoms with van der Waals surface area (Å²) in [7, 11) is 0. The highest BCUT2D eigenvalue weighted by Crippen LogP contribution is 2.20. The van der Waals surface area contributed by atoms with Crippen LogP contribution >= 0.6 is 0 Å². The third-order valence-corrected chi connectivity index (χ3v) is 5.64. The smallest absolute Gasteiger partial charge is 0.308 e. The number of rotatable bonds is 6. The van der Waals surface area contributed by atoms with Gasteiger partial charge in [0.15, 0.2) is 6.10 Å². The van der Waals surface area contributed by atoms with E-state index in [4.69, 9.17) is 9.47 Å². The Bertz CT molecular complexity index is 986. The van der Waals surface area contributed by atoms with Gasteiger partial charge in [0, 0.05) is 38.7 Å². The van der Waals surface area contributed by atoms with E-state index in [1.165, 1.54) is 12.5 Å². The number of carbonyl (C=O) groups is 3. The van der Waals surface area contributed by atoms with Gasteiger partial charge in [-0.25, -0.2) is 0 Å². The molecule has 7 heteroatoms. The molecule has 0 spiro atoms. The molecule has 0 radical (unpaired) electrons. The van der Waals surface area contributed by atoms with Crippen molar-refractivity contribution in [3.05, 3.63) is 59.7 Å². The molecule has 1 aliphatic heterocycles. The maximum absolute atomic E-state index is 13.0. The van der Waals surface area contributed by atoms with Crippen LogP contribution < -0.4 is 9.47 Å². The molecule has 1 atom stereocenters. The zero-order valence-electron chi connectivity index (χ0n) is 19.7. The zero-order valence-corrected chi connectivity index (χ0v) is 19.7. The summed E-state index contributed by atoms with van der Waals surface area (Å²) in [6, 6.07) is 14.4. The normalized spacial score (nSPS) is 15.1. The van der Waals surface area contributed by atoms with Gasteiger partial charge in [0.25, 0.3) is 11.8 Å². The van der Waals surface area contributed by atoms with Crippen molar-refractivity contribution >= 4 is 17.8 Å². The van der Waals surface area contributed by atoms with Crippen LogP contribution in [0.2, 0.25) is 0 Å². The molecule has 0 saturated carbocycles. The lowest BCUT2D eigenvalue weighted by atomic mass is 10.0. The topological polar surface area (TPSA) is 76.2 Å². The first kappa shape index (κ1) is 24.3. The third-order valence-electron chi connectivity index (χ3n) is 5.64. The van der Waals surface area contributed by atoms with E-state index in [-0.39, 0.29) is 11.8 Å². The Morgan fingerprint density at radius 1 is 0.848 bits per heavy atom. The molecule has 1 fully saturated rings. The Balaban J connectivity index is 1.58. The van der Waals surface area contributed by atoms with Crippen molar-refractivity contribution < 1.29 is 23.9 Å². The van der Waals surface area contributed by atoms with Crippen molar-refractivity contribution in [2.75, 3.05) is 26.2 Å². The molecule has 2 amide bonds. The fourth-order valence-electron chi connectivity index (χ4n) is 3.83. The van der Waals surface area contributed by atoms with Crippen LogP contribution in [0.15, 0.2) is 48.5 Å². The Hall–Kier alpha value is -3.35. The van der Waals surface area contributed by atoms with E-state index in [1.54, 1.807) is 41.0 Å². The highest BCUT2D eigenvalue weighted by molar-refractivity contribution is 5.95. The molecule has 1 saturated heterocycles. The summed E-state index contributed by atoms with van der Waals surface area (Å²) in [5.41, 5.74) is 1.67. The highest BCUT2D eigenvalue weighted by Gasteiger charge is 2.26. The van der Waals surface area contributed by atoms with Gasteiger partial charge < -0.3 is 19.3 Å². The van der Waals surface area contributed by atoms with Crippen molar-refractivity contribution in [1.29, 1.82) is 0 Å². The molecule has 0 bridgehead atoms. The van der Waals surface area contributed by atoms with Crippen LogP contribution in [0.25, 0.3) is 0 Å². The predicted octanol–water partition coefficient (Wildman–Crippen LogP) is 3.88. The van der Waals surface area contributed by atoms with Crippen LogP contribution in [0.4, 0.5) is 0 Å². The lowest BCUT2D eigenvalue weighted by Crippen LogP contribution is -2.43. The molecule has 1 heterocycles. The Morgan fingerprint density at radius 3 is 2.18 bits per heavy atom. The van der Waals surface area contributed by atoms with Crippen LogP contribution in [-0.4, -0.2) is 59.9 Å². The van der Waals surface area contributed by atoms with Gasteiger partial charge in [-0.2, -0.15) is 0 Å². The van der Waals surface area contributed by atoms with Gasteiger partial charge in [0.2, 0.25) is 0 Å². The summed E-state index contributed by atoms with van der Waals surface area (Å²) in [4.78, 5) is 40.6. The van der Waals surface area contributed by atoms with Crippen molar-refractivity contribution in [1.82, 2.24) is 9.80 Å². The van der Waals surface area contributed by atoms with Crippen molar-refractivity contribution in [3.8, 4) is 11.5 Å². The first-order valence-corrected chi connectivity index (χ1v) is 11.4. The van der Waals surface area contributed by atoms with E-state index < -0.39 is 12.1 Å². The number of carbonyl (C=O) groups excluding carboxylic acids is 3. The monoisotopic (exact) mass is 452 g/mol. The quantitative estimate of drug-likeness (QED) is 0.491. The average molecular weight is 453 g/mol. The Morgan fingerprint density at radius 2 is 1.52 bits per heavy atom. The molecule has 0 N–H and O–H groups in total. The number of benzene rings is 2. The molecule has 2 aromatic rings. The van der Waals surface area contributed by atoms with E-state index in [1.807, 2.05) is 24.3 Å². The molecule has 7 nitrogen and oxygen atoms in total. The van der Waals surface area contributed by atoms with E-state index in [9.17, 15) is 14.4 Å². The number of nitrogens with zero attached hydrogens (tertiary/aromatic N) is 2. The maximum atomic E-state index is 13.0. The summed E-state index contributed by atoms with van der Waals surface area (Å²) >= 11 is 0. The summed E-state index contributed by atoms with van der Waals surface area (Å²) in [6.45, 7) is 9.32. The van der Waals surface area contributed by atoms with E-state index in [0.29, 0.717) is 55.6 Å². The van der Waals surface area contributed by atoms with Gasteiger partial charge in [-0.15, -0.1) is 0 Å². The molecular formula is C26H32N2O5. The molecule has 1 unspecified atom stereocenters. The summed E-state index contributed by atoms with van der Waals surface area (Å²) in [6.07, 6.45) is 0.0641. The van der Waals surface area contributed by atoms with E-state index >= 15 is 0 Å². The molecular weight excluding hydrogens is 420 g/mol. The van der Waals surface area contributed by atoms with Crippen LogP contribution in [0.3, 0.4) is 0 Å². The maximum Gasteiger partial charge on any atom is 0.308 e. The lowest BCUT2D eigenvalue weighted by molar-refractivity contribution is -0.137. The SMILES string of the molecule is CC(=O)Oc1cccc(C(=O)N2CCCN(C(=O)C(C)Oc3ccc(C(C)C)cc3)CC2)c1. The fourth-order valence-corrected chi connectivity index (χ4v) is 3.83. The molecule has 1 aliphatic rings. The van der Waals surface area contributed by atoms with Crippen molar-refractivity contribution in [2.45, 2.75) is 46.1 Å². The molecule has 0 aliphatic carbocycles. The second-order valence-corrected chi connectivity index (χ2v) is 8.58. The summed E-state index contributed by atoms with van der Waals surface area (Å²) < 4.78 is 11.0.